The van der Waals surface area contributed by atoms with Crippen molar-refractivity contribution < 1.29 is 51.0 Å². The molecule has 1 aliphatic rings. The first-order valence-corrected chi connectivity index (χ1v) is 6.95. The number of fused-ring (bicyclic) bond motifs is 3. The van der Waals surface area contributed by atoms with Crippen LogP contribution in [0.4, 0.5) is 0 Å². The van der Waals surface area contributed by atoms with Crippen LogP contribution in [-0.4, -0.2) is 0 Å². The van der Waals surface area contributed by atoms with Crippen molar-refractivity contribution in [3.63, 3.8) is 0 Å². The fourth-order valence-electron chi connectivity index (χ4n) is 2.24. The van der Waals surface area contributed by atoms with Crippen molar-refractivity contribution >= 4 is 21.5 Å². The number of benzene rings is 2. The van der Waals surface area contributed by atoms with E-state index in [9.17, 15) is 0 Å². The van der Waals surface area contributed by atoms with Crippen LogP contribution in [0.1, 0.15) is 20.8 Å². The van der Waals surface area contributed by atoms with E-state index in [0.29, 0.717) is 0 Å². The second-order valence-corrected chi connectivity index (χ2v) is 4.57. The van der Waals surface area contributed by atoms with Gasteiger partial charge in [0.1, 0.15) is 0 Å². The SMILES string of the molecule is C.[C-]#CC.[C-]1=CC=CC1.[CH3-].[Cl-].[Cl-].[Zr+2].c1ccc2c(c1)[cH-]c1ccccc12. The molecule has 0 saturated carbocycles. The standard InChI is InChI=1S/C13H9.C5H5.C3H3.CH4.CH3.2ClH.Zr/c1-3-7-12-10(5-1)9-11-6-2-4-8-13(11)12;1-2-4-5-3-1;1-3-2;;;;;/h1-9H;1-3H,4H2;1H3;1H4;1H3;2*1H;/q3*-1;;-1;;;+2/p-2. The van der Waals surface area contributed by atoms with Crippen LogP contribution < -0.4 is 24.8 Å². The maximum absolute atomic E-state index is 5.96. The van der Waals surface area contributed by atoms with Gasteiger partial charge in [-0.15, -0.1) is 46.2 Å². The van der Waals surface area contributed by atoms with Gasteiger partial charge in [-0.05, 0) is 6.92 Å². The zero-order valence-corrected chi connectivity index (χ0v) is 18.4. The number of hydrogen-bond donors (Lipinski definition) is 0. The Morgan fingerprint density at radius 3 is 1.69 bits per heavy atom. The average Bonchev–Trinajstić information content (AvgIpc) is 3.19. The minimum absolute atomic E-state index is 0. The van der Waals surface area contributed by atoms with E-state index < -0.39 is 0 Å². The van der Waals surface area contributed by atoms with Crippen molar-refractivity contribution in [1.29, 1.82) is 0 Å². The summed E-state index contributed by atoms with van der Waals surface area (Å²) in [5.41, 5.74) is 0. The summed E-state index contributed by atoms with van der Waals surface area (Å²) in [5.74, 6) is 2.00. The molecule has 3 heteroatoms. The Balaban J connectivity index is -0.000000163. The average molecular weight is 463 g/mol. The predicted molar refractivity (Wildman–Crippen MR) is 105 cm³/mol. The van der Waals surface area contributed by atoms with Crippen LogP contribution in [0.5, 0.6) is 0 Å². The van der Waals surface area contributed by atoms with Gasteiger partial charge in [0, 0.05) is 0 Å². The maximum atomic E-state index is 5.96. The van der Waals surface area contributed by atoms with Gasteiger partial charge < -0.3 is 44.6 Å². The molecule has 0 aliphatic heterocycles. The molecule has 0 radical (unpaired) electrons. The molecular formula is C23H24Cl2Zr-4. The number of allylic oxidation sites excluding steroid dienone is 4. The molecule has 26 heavy (non-hydrogen) atoms. The largest absolute Gasteiger partial charge is 2.00 e. The summed E-state index contributed by atoms with van der Waals surface area (Å²) >= 11 is 0. The molecule has 0 nitrogen and oxygen atoms in total. The fraction of sp³-hybridized carbons (Fsp3) is 0.130. The third kappa shape index (κ3) is 9.49. The second kappa shape index (κ2) is 18.6. The van der Waals surface area contributed by atoms with Crippen LogP contribution in [-0.2, 0) is 26.2 Å². The summed E-state index contributed by atoms with van der Waals surface area (Å²) in [6, 6.07) is 19.3. The van der Waals surface area contributed by atoms with Crippen LogP contribution in [0, 0.1) is 25.8 Å². The Labute approximate surface area is 191 Å². The first-order valence-electron chi connectivity index (χ1n) is 6.95. The summed E-state index contributed by atoms with van der Waals surface area (Å²) in [6.07, 6.45) is 16.0. The number of rotatable bonds is 0. The third-order valence-electron chi connectivity index (χ3n) is 3.11. The third-order valence-corrected chi connectivity index (χ3v) is 3.11. The molecule has 0 bridgehead atoms. The predicted octanol–water partition coefficient (Wildman–Crippen LogP) is 0.706. The molecule has 0 unspecified atom stereocenters. The van der Waals surface area contributed by atoms with Gasteiger partial charge >= 0.3 is 26.2 Å². The van der Waals surface area contributed by atoms with E-state index in [4.69, 9.17) is 6.42 Å². The maximum Gasteiger partial charge on any atom is 2.00 e. The van der Waals surface area contributed by atoms with Crippen molar-refractivity contribution in [1.82, 2.24) is 0 Å². The Kier molecular flexibility index (Phi) is 23.2. The summed E-state index contributed by atoms with van der Waals surface area (Å²) in [7, 11) is 0. The molecule has 0 heterocycles. The molecule has 3 aromatic rings. The molecule has 4 rings (SSSR count). The van der Waals surface area contributed by atoms with Gasteiger partial charge in [-0.1, -0.05) is 43.8 Å². The van der Waals surface area contributed by atoms with Gasteiger partial charge in [-0.25, -0.2) is 12.2 Å². The van der Waals surface area contributed by atoms with Crippen LogP contribution >= 0.6 is 0 Å². The molecule has 1 aliphatic carbocycles. The first-order chi connectivity index (χ1) is 10.4. The van der Waals surface area contributed by atoms with E-state index in [0.717, 1.165) is 6.42 Å². The van der Waals surface area contributed by atoms with Crippen molar-refractivity contribution in [2.75, 3.05) is 0 Å². The summed E-state index contributed by atoms with van der Waals surface area (Å²) < 4.78 is 0. The van der Waals surface area contributed by atoms with Crippen LogP contribution in [0.25, 0.3) is 21.5 Å². The molecule has 3 aromatic carbocycles. The van der Waals surface area contributed by atoms with E-state index in [1.807, 2.05) is 18.1 Å². The Hall–Kier alpha value is -1.19. The van der Waals surface area contributed by atoms with E-state index >= 15 is 0 Å². The minimum atomic E-state index is 0. The van der Waals surface area contributed by atoms with E-state index in [-0.39, 0.29) is 65.9 Å². The molecule has 0 spiro atoms. The smallest absolute Gasteiger partial charge is 1.00 e. The van der Waals surface area contributed by atoms with E-state index in [1.54, 1.807) is 6.92 Å². The number of hydrogen-bond acceptors (Lipinski definition) is 0. The minimum Gasteiger partial charge on any atom is -1.00 e. The van der Waals surface area contributed by atoms with Crippen LogP contribution in [0.15, 0.2) is 72.8 Å². The van der Waals surface area contributed by atoms with Gasteiger partial charge in [-0.2, -0.15) is 6.08 Å². The monoisotopic (exact) mass is 460 g/mol. The van der Waals surface area contributed by atoms with Gasteiger partial charge in [0.25, 0.3) is 0 Å². The van der Waals surface area contributed by atoms with Gasteiger partial charge in [0.15, 0.2) is 0 Å². The first kappa shape index (κ1) is 32.5. The summed E-state index contributed by atoms with van der Waals surface area (Å²) in [4.78, 5) is 0. The summed E-state index contributed by atoms with van der Waals surface area (Å²) in [5, 5.41) is 5.39. The zero-order chi connectivity index (χ0) is 14.9. The molecule has 0 fully saturated rings. The Bertz CT molecular complexity index is 747. The van der Waals surface area contributed by atoms with Gasteiger partial charge in [0.2, 0.25) is 0 Å². The zero-order valence-electron chi connectivity index (χ0n) is 14.4. The van der Waals surface area contributed by atoms with E-state index in [1.165, 1.54) is 21.5 Å². The van der Waals surface area contributed by atoms with Crippen molar-refractivity contribution in [3.05, 3.63) is 92.8 Å². The molecular weight excluding hydrogens is 438 g/mol. The summed E-state index contributed by atoms with van der Waals surface area (Å²) in [6.45, 7) is 1.54. The molecule has 138 valence electrons. The molecule has 0 amide bonds. The Morgan fingerprint density at radius 2 is 1.38 bits per heavy atom. The molecule has 0 atom stereocenters. The quantitative estimate of drug-likeness (QED) is 0.341. The van der Waals surface area contributed by atoms with Crippen molar-refractivity contribution in [3.8, 4) is 5.92 Å². The Morgan fingerprint density at radius 1 is 0.962 bits per heavy atom. The van der Waals surface area contributed by atoms with Crippen LogP contribution in [0.2, 0.25) is 0 Å². The normalized spacial score (nSPS) is 9.23. The number of halogens is 2. The molecule has 0 N–H and O–H groups in total. The molecule has 0 aromatic heterocycles. The topological polar surface area (TPSA) is 0 Å². The molecule has 0 saturated heterocycles. The van der Waals surface area contributed by atoms with Crippen molar-refractivity contribution in [2.24, 2.45) is 0 Å². The van der Waals surface area contributed by atoms with Crippen molar-refractivity contribution in [2.45, 2.75) is 20.8 Å². The fourth-order valence-corrected chi connectivity index (χ4v) is 2.24. The second-order valence-electron chi connectivity index (χ2n) is 4.57. The van der Waals surface area contributed by atoms with Gasteiger partial charge in [0.05, 0.1) is 0 Å². The van der Waals surface area contributed by atoms with Gasteiger partial charge in [-0.3, -0.25) is 6.08 Å². The van der Waals surface area contributed by atoms with Crippen LogP contribution in [0.3, 0.4) is 0 Å². The van der Waals surface area contributed by atoms with E-state index in [2.05, 4.69) is 66.7 Å².